The zero-order chi connectivity index (χ0) is 22.9. The number of ether oxygens (including phenoxy) is 1. The molecule has 7 nitrogen and oxygen atoms in total. The fourth-order valence-electron chi connectivity index (χ4n) is 5.65. The second-order valence-electron chi connectivity index (χ2n) is 9.74. The zero-order valence-corrected chi connectivity index (χ0v) is 18.4. The summed E-state index contributed by atoms with van der Waals surface area (Å²) in [6.45, 7) is 2.58. The summed E-state index contributed by atoms with van der Waals surface area (Å²) in [4.78, 5) is 27.2. The second-order valence-corrected chi connectivity index (χ2v) is 11.1. The van der Waals surface area contributed by atoms with Gasteiger partial charge in [0.25, 0.3) is 0 Å². The Morgan fingerprint density at radius 2 is 1.88 bits per heavy atom. The van der Waals surface area contributed by atoms with Crippen molar-refractivity contribution < 1.29 is 31.7 Å². The topological polar surface area (TPSA) is 79.0 Å². The van der Waals surface area contributed by atoms with Gasteiger partial charge < -0.3 is 19.9 Å². The van der Waals surface area contributed by atoms with Gasteiger partial charge in [0, 0.05) is 24.8 Å². The van der Waals surface area contributed by atoms with Gasteiger partial charge >= 0.3 is 18.3 Å². The third kappa shape index (κ3) is 3.64. The predicted octanol–water partition coefficient (Wildman–Crippen LogP) is 2.61. The van der Waals surface area contributed by atoms with Crippen LogP contribution >= 0.6 is 0 Å². The number of alkyl halides is 3. The van der Waals surface area contributed by atoms with E-state index >= 15 is 0 Å². The highest BCUT2D eigenvalue weighted by Crippen LogP contribution is 2.53. The summed E-state index contributed by atoms with van der Waals surface area (Å²) >= 11 is 0. The zero-order valence-electron chi connectivity index (χ0n) is 17.5. The Morgan fingerprint density at radius 1 is 1.22 bits per heavy atom. The van der Waals surface area contributed by atoms with E-state index in [-0.39, 0.29) is 16.3 Å². The van der Waals surface area contributed by atoms with Crippen molar-refractivity contribution in [1.82, 2.24) is 15.1 Å². The molecule has 174 valence electrons. The average Bonchev–Trinajstić information content (AvgIpc) is 3.02. The predicted molar refractivity (Wildman–Crippen MR) is 108 cm³/mol. The molecule has 2 spiro atoms. The lowest BCUT2D eigenvalue weighted by atomic mass is 9.56. The Hall–Kier alpha value is -2.30. The van der Waals surface area contributed by atoms with Gasteiger partial charge in [0.15, 0.2) is 0 Å². The monoisotopic (exact) mass is 471 g/mol. The number of hydrogen-bond acceptors (Lipinski definition) is 4. The third-order valence-corrected chi connectivity index (χ3v) is 8.01. The van der Waals surface area contributed by atoms with Crippen molar-refractivity contribution in [3.8, 4) is 0 Å². The van der Waals surface area contributed by atoms with Crippen LogP contribution in [0.5, 0.6) is 0 Å². The minimum Gasteiger partial charge on any atom is -0.447 e. The number of benzene rings is 1. The third-order valence-electron chi connectivity index (χ3n) is 7.06. The molecule has 0 bridgehead atoms. The standard InChI is InChI=1S/C21H24F3N3O4S/c1-32(30)16-5-13(2-3-15(16)21(22,23)24)4-14-6-19(7-14)8-26(9-19)18(29)27-10-20(11-27)12-31-17(28)25-20/h2-3,5,14H,4,6-12H2,1H3,(H,25,28). The fraction of sp³-hybridized carbons (Fsp3) is 0.619. The molecule has 1 aromatic rings. The van der Waals surface area contributed by atoms with Crippen LogP contribution in [-0.2, 0) is 28.1 Å². The SMILES string of the molecule is CS(=O)c1cc(CC2CC3(C2)CN(C(=O)N2CC4(COC(=O)N4)C2)C3)ccc1C(F)(F)F. The summed E-state index contributed by atoms with van der Waals surface area (Å²) in [5.41, 5.74) is -0.395. The molecule has 1 aromatic carbocycles. The van der Waals surface area contributed by atoms with Gasteiger partial charge in [-0.25, -0.2) is 9.59 Å². The van der Waals surface area contributed by atoms with E-state index in [0.29, 0.717) is 45.1 Å². The van der Waals surface area contributed by atoms with Crippen LogP contribution in [-0.4, -0.2) is 70.7 Å². The van der Waals surface area contributed by atoms with E-state index in [1.54, 1.807) is 4.90 Å². The van der Waals surface area contributed by atoms with E-state index in [4.69, 9.17) is 4.74 Å². The van der Waals surface area contributed by atoms with Crippen molar-refractivity contribution in [2.24, 2.45) is 11.3 Å². The van der Waals surface area contributed by atoms with Gasteiger partial charge in [-0.15, -0.1) is 0 Å². The Morgan fingerprint density at radius 3 is 2.44 bits per heavy atom. The summed E-state index contributed by atoms with van der Waals surface area (Å²) < 4.78 is 56.1. The lowest BCUT2D eigenvalue weighted by molar-refractivity contribution is -0.139. The number of nitrogens with zero attached hydrogens (tertiary/aromatic N) is 2. The van der Waals surface area contributed by atoms with Gasteiger partial charge in [0.1, 0.15) is 12.1 Å². The molecule has 1 N–H and O–H groups in total. The van der Waals surface area contributed by atoms with Gasteiger partial charge in [-0.05, 0) is 42.9 Å². The maximum absolute atomic E-state index is 13.1. The first-order valence-corrected chi connectivity index (χ1v) is 12.1. The normalized spacial score (nSPS) is 24.4. The number of carbonyl (C=O) groups excluding carboxylic acids is 2. The van der Waals surface area contributed by atoms with E-state index in [1.165, 1.54) is 18.4 Å². The van der Waals surface area contributed by atoms with Crippen molar-refractivity contribution in [2.75, 3.05) is 39.0 Å². The summed E-state index contributed by atoms with van der Waals surface area (Å²) in [6.07, 6.45) is -1.20. The smallest absolute Gasteiger partial charge is 0.417 e. The summed E-state index contributed by atoms with van der Waals surface area (Å²) in [5.74, 6) is 0.347. The Labute approximate surface area is 185 Å². The number of nitrogens with one attached hydrogen (secondary N) is 1. The van der Waals surface area contributed by atoms with E-state index in [2.05, 4.69) is 5.32 Å². The second kappa shape index (κ2) is 7.10. The molecule has 3 aliphatic heterocycles. The first-order valence-electron chi connectivity index (χ1n) is 10.5. The van der Waals surface area contributed by atoms with Crippen LogP contribution in [0, 0.1) is 11.3 Å². The summed E-state index contributed by atoms with van der Waals surface area (Å²) in [6, 6.07) is 3.91. The number of likely N-dealkylation sites (tertiary alicyclic amines) is 2. The van der Waals surface area contributed by atoms with Crippen LogP contribution in [0.2, 0.25) is 0 Å². The summed E-state index contributed by atoms with van der Waals surface area (Å²) in [5, 5.41) is 2.76. The highest BCUT2D eigenvalue weighted by Gasteiger charge is 2.57. The molecule has 32 heavy (non-hydrogen) atoms. The molecule has 0 radical (unpaired) electrons. The van der Waals surface area contributed by atoms with Crippen LogP contribution in [0.4, 0.5) is 22.8 Å². The first kappa shape index (κ1) is 21.5. The van der Waals surface area contributed by atoms with Crippen LogP contribution in [0.1, 0.15) is 24.0 Å². The van der Waals surface area contributed by atoms with Crippen molar-refractivity contribution in [2.45, 2.75) is 35.9 Å². The average molecular weight is 472 g/mol. The maximum Gasteiger partial charge on any atom is 0.417 e. The fourth-order valence-corrected chi connectivity index (χ4v) is 6.46. The molecule has 3 saturated heterocycles. The van der Waals surface area contributed by atoms with Crippen molar-refractivity contribution in [3.63, 3.8) is 0 Å². The first-order chi connectivity index (χ1) is 15.0. The van der Waals surface area contributed by atoms with Crippen molar-refractivity contribution >= 4 is 22.9 Å². The Bertz CT molecular complexity index is 994. The number of alkyl carbamates (subject to hydrolysis) is 1. The number of amides is 3. The highest BCUT2D eigenvalue weighted by atomic mass is 32.2. The Balaban J connectivity index is 1.11. The van der Waals surface area contributed by atoms with E-state index in [1.807, 2.05) is 4.90 Å². The lowest BCUT2D eigenvalue weighted by Crippen LogP contribution is -2.74. The Kier molecular flexibility index (Phi) is 4.78. The van der Waals surface area contributed by atoms with Crippen LogP contribution in [0.15, 0.2) is 23.1 Å². The molecular weight excluding hydrogens is 447 g/mol. The molecule has 1 unspecified atom stereocenters. The number of carbonyl (C=O) groups is 2. The van der Waals surface area contributed by atoms with Crippen LogP contribution in [0.25, 0.3) is 0 Å². The molecule has 1 aliphatic carbocycles. The lowest BCUT2D eigenvalue weighted by Gasteiger charge is -2.61. The number of cyclic esters (lactones) is 1. The molecule has 3 amide bonds. The molecule has 5 rings (SSSR count). The molecule has 1 saturated carbocycles. The van der Waals surface area contributed by atoms with Crippen molar-refractivity contribution in [1.29, 1.82) is 0 Å². The number of urea groups is 1. The van der Waals surface area contributed by atoms with E-state index in [9.17, 15) is 27.0 Å². The van der Waals surface area contributed by atoms with Crippen LogP contribution in [0.3, 0.4) is 0 Å². The highest BCUT2D eigenvalue weighted by molar-refractivity contribution is 7.84. The molecule has 0 aromatic heterocycles. The molecule has 1 atom stereocenters. The molecule has 11 heteroatoms. The quantitative estimate of drug-likeness (QED) is 0.735. The van der Waals surface area contributed by atoms with E-state index in [0.717, 1.165) is 24.5 Å². The van der Waals surface area contributed by atoms with Crippen molar-refractivity contribution in [3.05, 3.63) is 29.3 Å². The number of hydrogen-bond donors (Lipinski definition) is 1. The van der Waals surface area contributed by atoms with Gasteiger partial charge in [-0.3, -0.25) is 4.21 Å². The van der Waals surface area contributed by atoms with Gasteiger partial charge in [0.05, 0.1) is 34.3 Å². The van der Waals surface area contributed by atoms with Gasteiger partial charge in [-0.2, -0.15) is 13.2 Å². The largest absolute Gasteiger partial charge is 0.447 e. The molecule has 3 heterocycles. The minimum atomic E-state index is -4.52. The molecule has 4 aliphatic rings. The van der Waals surface area contributed by atoms with Gasteiger partial charge in [0.2, 0.25) is 0 Å². The maximum atomic E-state index is 13.1. The molecule has 4 fully saturated rings. The van der Waals surface area contributed by atoms with E-state index < -0.39 is 34.2 Å². The van der Waals surface area contributed by atoms with Gasteiger partial charge in [-0.1, -0.05) is 6.07 Å². The molecular formula is C21H24F3N3O4S. The van der Waals surface area contributed by atoms with Crippen LogP contribution < -0.4 is 5.32 Å². The number of halogens is 3. The summed E-state index contributed by atoms with van der Waals surface area (Å²) in [7, 11) is -1.72. The minimum absolute atomic E-state index is 0.0244. The number of rotatable bonds is 3.